The molecule has 0 aromatic rings. The van der Waals surface area contributed by atoms with Gasteiger partial charge in [-0.15, -0.1) is 0 Å². The number of ether oxygens (including phenoxy) is 1. The number of hydrogen-bond donors (Lipinski definition) is 3. The predicted octanol–water partition coefficient (Wildman–Crippen LogP) is 18.2. The SMILES string of the molecule is CCCCCCCCCCCCCCCCCCCCCC/C=C/C(O)C(CO)NC(=O)CCC/C=C\CCCCCCOC(=O)CCCCCCCCCCCCCCCCCCCC. The van der Waals surface area contributed by atoms with Gasteiger partial charge in [-0.1, -0.05) is 282 Å². The third-order valence-electron chi connectivity index (χ3n) is 13.7. The Morgan fingerprint density at radius 2 is 0.727 bits per heavy atom. The first-order chi connectivity index (χ1) is 32.5. The van der Waals surface area contributed by atoms with Gasteiger partial charge in [-0.05, 0) is 51.4 Å². The van der Waals surface area contributed by atoms with Crippen molar-refractivity contribution in [3.8, 4) is 0 Å². The Morgan fingerprint density at radius 1 is 0.409 bits per heavy atom. The van der Waals surface area contributed by atoms with E-state index in [2.05, 4.69) is 31.3 Å². The molecule has 6 heteroatoms. The van der Waals surface area contributed by atoms with E-state index in [9.17, 15) is 19.8 Å². The van der Waals surface area contributed by atoms with Crippen LogP contribution in [0.15, 0.2) is 24.3 Å². The van der Waals surface area contributed by atoms with Crippen LogP contribution in [0.2, 0.25) is 0 Å². The zero-order valence-corrected chi connectivity index (χ0v) is 44.4. The first kappa shape index (κ1) is 64.3. The molecule has 0 rings (SSSR count). The summed E-state index contributed by atoms with van der Waals surface area (Å²) in [6.07, 6.45) is 67.9. The number of amides is 1. The van der Waals surface area contributed by atoms with E-state index in [1.165, 1.54) is 225 Å². The third kappa shape index (κ3) is 51.7. The molecular weight excluding hydrogens is 815 g/mol. The van der Waals surface area contributed by atoms with Gasteiger partial charge in [0, 0.05) is 12.8 Å². The zero-order chi connectivity index (χ0) is 47.9. The summed E-state index contributed by atoms with van der Waals surface area (Å²) in [4.78, 5) is 24.5. The highest BCUT2D eigenvalue weighted by molar-refractivity contribution is 5.76. The number of carbonyl (C=O) groups excluding carboxylic acids is 2. The molecular formula is C60H115NO5. The summed E-state index contributed by atoms with van der Waals surface area (Å²) in [5, 5.41) is 23.1. The van der Waals surface area contributed by atoms with Crippen molar-refractivity contribution in [1.29, 1.82) is 0 Å². The lowest BCUT2D eigenvalue weighted by molar-refractivity contribution is -0.143. The predicted molar refractivity (Wildman–Crippen MR) is 287 cm³/mol. The lowest BCUT2D eigenvalue weighted by Gasteiger charge is -2.19. The van der Waals surface area contributed by atoms with E-state index in [1.54, 1.807) is 6.08 Å². The van der Waals surface area contributed by atoms with Gasteiger partial charge in [0.15, 0.2) is 0 Å². The smallest absolute Gasteiger partial charge is 0.305 e. The maximum atomic E-state index is 12.5. The zero-order valence-electron chi connectivity index (χ0n) is 44.4. The Kier molecular flexibility index (Phi) is 54.5. The van der Waals surface area contributed by atoms with Gasteiger partial charge in [0.25, 0.3) is 0 Å². The Balaban J connectivity index is 3.53. The lowest BCUT2D eigenvalue weighted by atomic mass is 10.0. The number of allylic oxidation sites excluding steroid dienone is 3. The molecule has 0 fully saturated rings. The number of carbonyl (C=O) groups is 2. The van der Waals surface area contributed by atoms with Gasteiger partial charge in [-0.2, -0.15) is 0 Å². The van der Waals surface area contributed by atoms with Crippen LogP contribution in [0.25, 0.3) is 0 Å². The second kappa shape index (κ2) is 55.9. The van der Waals surface area contributed by atoms with Crippen LogP contribution in [0.5, 0.6) is 0 Å². The number of aliphatic hydroxyl groups excluding tert-OH is 2. The standard InChI is InChI=1S/C60H115NO5/c1-3-5-7-9-11-13-15-17-19-21-23-24-25-26-27-29-31-33-36-40-44-48-52-58(63)57(56-62)61-59(64)53-49-45-41-37-35-39-43-47-51-55-66-60(65)54-50-46-42-38-34-32-30-28-22-20-18-16-14-12-10-8-6-4-2/h37,41,48,52,57-58,62-63H,3-36,38-40,42-47,49-51,53-56H2,1-2H3,(H,61,64)/b41-37-,52-48+. The molecule has 390 valence electrons. The van der Waals surface area contributed by atoms with Crippen LogP contribution in [0.1, 0.15) is 322 Å². The molecule has 0 radical (unpaired) electrons. The molecule has 3 N–H and O–H groups in total. The molecule has 0 aliphatic heterocycles. The fraction of sp³-hybridized carbons (Fsp3) is 0.900. The van der Waals surface area contributed by atoms with Crippen LogP contribution >= 0.6 is 0 Å². The summed E-state index contributed by atoms with van der Waals surface area (Å²) in [5.74, 6) is -0.158. The first-order valence-electron chi connectivity index (χ1n) is 29.6. The first-order valence-corrected chi connectivity index (χ1v) is 29.6. The van der Waals surface area contributed by atoms with Crippen LogP contribution in [0.4, 0.5) is 0 Å². The van der Waals surface area contributed by atoms with Crippen LogP contribution in [-0.2, 0) is 14.3 Å². The number of esters is 1. The number of unbranched alkanes of at least 4 members (excludes halogenated alkanes) is 42. The highest BCUT2D eigenvalue weighted by Crippen LogP contribution is 2.17. The summed E-state index contributed by atoms with van der Waals surface area (Å²) in [6, 6.07) is -0.666. The second-order valence-electron chi connectivity index (χ2n) is 20.3. The minimum Gasteiger partial charge on any atom is -0.466 e. The highest BCUT2D eigenvalue weighted by atomic mass is 16.5. The maximum Gasteiger partial charge on any atom is 0.305 e. The number of rotatable bonds is 55. The molecule has 0 saturated carbocycles. The van der Waals surface area contributed by atoms with Crippen molar-refractivity contribution in [3.63, 3.8) is 0 Å². The maximum absolute atomic E-state index is 12.5. The van der Waals surface area contributed by atoms with Crippen molar-refractivity contribution in [1.82, 2.24) is 5.32 Å². The molecule has 0 aromatic heterocycles. The fourth-order valence-corrected chi connectivity index (χ4v) is 9.17. The molecule has 0 bridgehead atoms. The van der Waals surface area contributed by atoms with Crippen molar-refractivity contribution in [2.24, 2.45) is 0 Å². The van der Waals surface area contributed by atoms with Crippen LogP contribution in [-0.4, -0.2) is 47.4 Å². The minimum atomic E-state index is -0.876. The van der Waals surface area contributed by atoms with E-state index in [0.717, 1.165) is 70.6 Å². The average Bonchev–Trinajstić information content (AvgIpc) is 3.32. The van der Waals surface area contributed by atoms with E-state index >= 15 is 0 Å². The largest absolute Gasteiger partial charge is 0.466 e. The Labute approximate surface area is 411 Å². The molecule has 0 spiro atoms. The average molecular weight is 931 g/mol. The molecule has 2 unspecified atom stereocenters. The molecule has 0 heterocycles. The van der Waals surface area contributed by atoms with Crippen LogP contribution in [0.3, 0.4) is 0 Å². The number of aliphatic hydroxyl groups is 2. The minimum absolute atomic E-state index is 0.0329. The Hall–Kier alpha value is -1.66. The third-order valence-corrected chi connectivity index (χ3v) is 13.7. The molecule has 0 saturated heterocycles. The van der Waals surface area contributed by atoms with Crippen molar-refractivity contribution >= 4 is 11.9 Å². The van der Waals surface area contributed by atoms with Crippen molar-refractivity contribution < 1.29 is 24.5 Å². The molecule has 0 aliphatic carbocycles. The molecule has 1 amide bonds. The monoisotopic (exact) mass is 930 g/mol. The van der Waals surface area contributed by atoms with Gasteiger partial charge in [-0.25, -0.2) is 0 Å². The molecule has 66 heavy (non-hydrogen) atoms. The summed E-state index contributed by atoms with van der Waals surface area (Å²) < 4.78 is 5.46. The normalized spacial score (nSPS) is 12.7. The van der Waals surface area contributed by atoms with Gasteiger partial charge in [0.2, 0.25) is 5.91 Å². The van der Waals surface area contributed by atoms with E-state index in [0.29, 0.717) is 19.4 Å². The van der Waals surface area contributed by atoms with Crippen molar-refractivity contribution in [2.45, 2.75) is 334 Å². The van der Waals surface area contributed by atoms with Gasteiger partial charge < -0.3 is 20.3 Å². The van der Waals surface area contributed by atoms with Crippen molar-refractivity contribution in [2.75, 3.05) is 13.2 Å². The van der Waals surface area contributed by atoms with Crippen molar-refractivity contribution in [3.05, 3.63) is 24.3 Å². The Bertz CT molecular complexity index is 1030. The van der Waals surface area contributed by atoms with E-state index in [-0.39, 0.29) is 18.5 Å². The van der Waals surface area contributed by atoms with Crippen LogP contribution < -0.4 is 5.32 Å². The quantitative estimate of drug-likeness (QED) is 0.0321. The van der Waals surface area contributed by atoms with Crippen LogP contribution in [0, 0.1) is 0 Å². The van der Waals surface area contributed by atoms with E-state index < -0.39 is 12.1 Å². The van der Waals surface area contributed by atoms with Gasteiger partial charge in [0.1, 0.15) is 0 Å². The lowest BCUT2D eigenvalue weighted by Crippen LogP contribution is -2.45. The van der Waals surface area contributed by atoms with Gasteiger partial charge in [-0.3, -0.25) is 9.59 Å². The van der Waals surface area contributed by atoms with Gasteiger partial charge >= 0.3 is 5.97 Å². The molecule has 0 aliphatic rings. The molecule has 6 nitrogen and oxygen atoms in total. The van der Waals surface area contributed by atoms with Gasteiger partial charge in [0.05, 0.1) is 25.4 Å². The molecule has 0 aromatic carbocycles. The number of hydrogen-bond acceptors (Lipinski definition) is 5. The molecule has 2 atom stereocenters. The topological polar surface area (TPSA) is 95.9 Å². The highest BCUT2D eigenvalue weighted by Gasteiger charge is 2.18. The summed E-state index contributed by atoms with van der Waals surface area (Å²) in [6.45, 7) is 4.84. The summed E-state index contributed by atoms with van der Waals surface area (Å²) >= 11 is 0. The second-order valence-corrected chi connectivity index (χ2v) is 20.3. The fourth-order valence-electron chi connectivity index (χ4n) is 9.17. The van der Waals surface area contributed by atoms with E-state index in [4.69, 9.17) is 4.74 Å². The summed E-state index contributed by atoms with van der Waals surface area (Å²) in [5.41, 5.74) is 0. The Morgan fingerprint density at radius 3 is 1.11 bits per heavy atom. The number of nitrogens with one attached hydrogen (secondary N) is 1. The summed E-state index contributed by atoms with van der Waals surface area (Å²) in [7, 11) is 0. The van der Waals surface area contributed by atoms with E-state index in [1.807, 2.05) is 6.08 Å².